The van der Waals surface area contributed by atoms with Crippen molar-refractivity contribution in [3.05, 3.63) is 30.3 Å². The monoisotopic (exact) mass is 277 g/mol. The summed E-state index contributed by atoms with van der Waals surface area (Å²) in [4.78, 5) is 23.4. The molecule has 0 aromatic heterocycles. The normalized spacial score (nSPS) is 23.8. The van der Waals surface area contributed by atoms with Crippen LogP contribution >= 0.6 is 0 Å². The summed E-state index contributed by atoms with van der Waals surface area (Å²) in [5, 5.41) is 2.79. The number of esters is 1. The third-order valence-electron chi connectivity index (χ3n) is 3.43. The molecule has 1 aliphatic rings. The molecule has 5 heteroatoms. The lowest BCUT2D eigenvalue weighted by Gasteiger charge is -2.11. The fraction of sp³-hybridized carbons (Fsp3) is 0.467. The van der Waals surface area contributed by atoms with Crippen LogP contribution in [0.2, 0.25) is 0 Å². The maximum absolute atomic E-state index is 11.7. The Balaban J connectivity index is 1.75. The minimum absolute atomic E-state index is 0.0561. The number of rotatable bonds is 6. The highest BCUT2D eigenvalue weighted by Crippen LogP contribution is 2.46. The third-order valence-corrected chi connectivity index (χ3v) is 3.43. The van der Waals surface area contributed by atoms with Crippen molar-refractivity contribution in [3.63, 3.8) is 0 Å². The second kappa shape index (κ2) is 5.94. The van der Waals surface area contributed by atoms with E-state index in [4.69, 9.17) is 9.47 Å². The molecule has 0 spiro atoms. The third kappa shape index (κ3) is 3.29. The number of hydrogen-bond donors (Lipinski definition) is 1. The summed E-state index contributed by atoms with van der Waals surface area (Å²) in [6, 6.07) is 8.97. The van der Waals surface area contributed by atoms with Crippen molar-refractivity contribution in [2.24, 2.45) is 5.41 Å². The predicted octanol–water partition coefficient (Wildman–Crippen LogP) is 1.52. The lowest BCUT2D eigenvalue weighted by atomic mass is 10.1. The van der Waals surface area contributed by atoms with E-state index in [9.17, 15) is 9.59 Å². The number of hydrogen-bond acceptors (Lipinski definition) is 4. The Hall–Kier alpha value is -2.04. The summed E-state index contributed by atoms with van der Waals surface area (Å²) in [7, 11) is 0. The number of nitrogens with one attached hydrogen (secondary N) is 1. The van der Waals surface area contributed by atoms with Gasteiger partial charge < -0.3 is 14.8 Å². The number of carbonyl (C=O) groups is 2. The van der Waals surface area contributed by atoms with Crippen LogP contribution in [0.15, 0.2) is 30.3 Å². The van der Waals surface area contributed by atoms with Crippen molar-refractivity contribution in [2.75, 3.05) is 13.2 Å². The number of carbonyl (C=O) groups excluding carboxylic acids is 2. The summed E-state index contributed by atoms with van der Waals surface area (Å²) >= 11 is 0. The van der Waals surface area contributed by atoms with E-state index in [1.807, 2.05) is 18.2 Å². The molecule has 1 aromatic carbocycles. The second-order valence-corrected chi connectivity index (χ2v) is 5.06. The molecule has 2 atom stereocenters. The first-order valence-electron chi connectivity index (χ1n) is 6.70. The van der Waals surface area contributed by atoms with Gasteiger partial charge in [-0.1, -0.05) is 18.2 Å². The van der Waals surface area contributed by atoms with Crippen molar-refractivity contribution in [1.29, 1.82) is 0 Å². The average molecular weight is 277 g/mol. The predicted molar refractivity (Wildman–Crippen MR) is 73.2 cm³/mol. The van der Waals surface area contributed by atoms with E-state index >= 15 is 0 Å². The SMILES string of the molecule is CCOC(=O)C1(C)CC1NC(=O)COc1ccccc1. The molecule has 2 unspecified atom stereocenters. The van der Waals surface area contributed by atoms with Gasteiger partial charge in [0.2, 0.25) is 0 Å². The molecule has 0 heterocycles. The molecule has 1 amide bonds. The minimum Gasteiger partial charge on any atom is -0.484 e. The van der Waals surface area contributed by atoms with Gasteiger partial charge in [-0.2, -0.15) is 0 Å². The van der Waals surface area contributed by atoms with Gasteiger partial charge in [-0.3, -0.25) is 9.59 Å². The molecule has 0 saturated heterocycles. The Kier molecular flexibility index (Phi) is 4.27. The van der Waals surface area contributed by atoms with Crippen LogP contribution in [0.1, 0.15) is 20.3 Å². The second-order valence-electron chi connectivity index (χ2n) is 5.06. The van der Waals surface area contributed by atoms with Crippen LogP contribution in [-0.2, 0) is 14.3 Å². The number of para-hydroxylation sites is 1. The van der Waals surface area contributed by atoms with E-state index in [0.717, 1.165) is 0 Å². The molecule has 0 radical (unpaired) electrons. The summed E-state index contributed by atoms with van der Waals surface area (Å²) in [6.45, 7) is 3.87. The molecular formula is C15H19NO4. The zero-order valence-electron chi connectivity index (χ0n) is 11.7. The van der Waals surface area contributed by atoms with E-state index < -0.39 is 5.41 Å². The Morgan fingerprint density at radius 2 is 2.05 bits per heavy atom. The standard InChI is InChI=1S/C15H19NO4/c1-3-19-14(18)15(2)9-12(15)16-13(17)10-20-11-7-5-4-6-8-11/h4-8,12H,3,9-10H2,1-2H3,(H,16,17). The lowest BCUT2D eigenvalue weighted by Crippen LogP contribution is -2.35. The zero-order valence-corrected chi connectivity index (χ0v) is 11.7. The van der Waals surface area contributed by atoms with Crippen molar-refractivity contribution < 1.29 is 19.1 Å². The molecule has 1 fully saturated rings. The fourth-order valence-electron chi connectivity index (χ4n) is 2.00. The Morgan fingerprint density at radius 1 is 1.35 bits per heavy atom. The first-order chi connectivity index (χ1) is 9.56. The van der Waals surface area contributed by atoms with Crippen LogP contribution < -0.4 is 10.1 Å². The Morgan fingerprint density at radius 3 is 2.70 bits per heavy atom. The van der Waals surface area contributed by atoms with Crippen LogP contribution in [0, 0.1) is 5.41 Å². The molecule has 1 aliphatic carbocycles. The molecule has 108 valence electrons. The van der Waals surface area contributed by atoms with Gasteiger partial charge in [-0.05, 0) is 32.4 Å². The average Bonchev–Trinajstić information content (AvgIpc) is 3.10. The van der Waals surface area contributed by atoms with Crippen LogP contribution in [0.4, 0.5) is 0 Å². The van der Waals surface area contributed by atoms with E-state index in [2.05, 4.69) is 5.32 Å². The van der Waals surface area contributed by atoms with Gasteiger partial charge in [0.15, 0.2) is 6.61 Å². The van der Waals surface area contributed by atoms with Crippen molar-refractivity contribution in [1.82, 2.24) is 5.32 Å². The number of amides is 1. The molecule has 0 aliphatic heterocycles. The Bertz CT molecular complexity index is 488. The van der Waals surface area contributed by atoms with Gasteiger partial charge in [0.1, 0.15) is 5.75 Å². The van der Waals surface area contributed by atoms with Gasteiger partial charge in [0.05, 0.1) is 12.0 Å². The smallest absolute Gasteiger partial charge is 0.313 e. The first-order valence-corrected chi connectivity index (χ1v) is 6.70. The van der Waals surface area contributed by atoms with Gasteiger partial charge in [0, 0.05) is 6.04 Å². The van der Waals surface area contributed by atoms with Gasteiger partial charge in [-0.15, -0.1) is 0 Å². The van der Waals surface area contributed by atoms with Crippen LogP contribution in [-0.4, -0.2) is 31.1 Å². The van der Waals surface area contributed by atoms with E-state index in [1.165, 1.54) is 0 Å². The van der Waals surface area contributed by atoms with Gasteiger partial charge in [-0.25, -0.2) is 0 Å². The molecule has 5 nitrogen and oxygen atoms in total. The van der Waals surface area contributed by atoms with Crippen molar-refractivity contribution in [3.8, 4) is 5.75 Å². The highest BCUT2D eigenvalue weighted by Gasteiger charge is 2.58. The summed E-state index contributed by atoms with van der Waals surface area (Å²) in [5.74, 6) is 0.160. The molecule has 1 N–H and O–H groups in total. The topological polar surface area (TPSA) is 64.6 Å². The number of benzene rings is 1. The van der Waals surface area contributed by atoms with Gasteiger partial charge >= 0.3 is 5.97 Å². The van der Waals surface area contributed by atoms with E-state index in [1.54, 1.807) is 26.0 Å². The highest BCUT2D eigenvalue weighted by atomic mass is 16.5. The van der Waals surface area contributed by atoms with Crippen LogP contribution in [0.5, 0.6) is 5.75 Å². The molecular weight excluding hydrogens is 258 g/mol. The first kappa shape index (κ1) is 14.4. The molecule has 0 bridgehead atoms. The van der Waals surface area contributed by atoms with Crippen molar-refractivity contribution in [2.45, 2.75) is 26.3 Å². The summed E-state index contributed by atoms with van der Waals surface area (Å²) in [6.07, 6.45) is 0.614. The molecule has 1 saturated carbocycles. The van der Waals surface area contributed by atoms with E-state index in [0.29, 0.717) is 18.8 Å². The Labute approximate surface area is 118 Å². The molecule has 20 heavy (non-hydrogen) atoms. The molecule has 1 aromatic rings. The largest absolute Gasteiger partial charge is 0.484 e. The highest BCUT2D eigenvalue weighted by molar-refractivity contribution is 5.84. The quantitative estimate of drug-likeness (QED) is 0.801. The minimum atomic E-state index is -0.585. The number of ether oxygens (including phenoxy) is 2. The maximum atomic E-state index is 11.7. The maximum Gasteiger partial charge on any atom is 0.313 e. The van der Waals surface area contributed by atoms with E-state index in [-0.39, 0.29) is 24.5 Å². The molecule has 2 rings (SSSR count). The zero-order chi connectivity index (χ0) is 14.6. The van der Waals surface area contributed by atoms with Crippen LogP contribution in [0.25, 0.3) is 0 Å². The lowest BCUT2D eigenvalue weighted by molar-refractivity contribution is -0.149. The summed E-state index contributed by atoms with van der Waals surface area (Å²) < 4.78 is 10.3. The summed E-state index contributed by atoms with van der Waals surface area (Å²) in [5.41, 5.74) is -0.585. The fourth-order valence-corrected chi connectivity index (χ4v) is 2.00. The van der Waals surface area contributed by atoms with Crippen molar-refractivity contribution >= 4 is 11.9 Å². The van der Waals surface area contributed by atoms with Crippen LogP contribution in [0.3, 0.4) is 0 Å². The van der Waals surface area contributed by atoms with Gasteiger partial charge in [0.25, 0.3) is 5.91 Å².